The molecule has 3 aromatic carbocycles. The number of para-hydroxylation sites is 1. The third-order valence-corrected chi connectivity index (χ3v) is 3.54. The molecule has 0 radical (unpaired) electrons. The Morgan fingerprint density at radius 1 is 1.00 bits per heavy atom. The van der Waals surface area contributed by atoms with E-state index < -0.39 is 11.0 Å². The van der Waals surface area contributed by atoms with Crippen molar-refractivity contribution in [2.75, 3.05) is 5.32 Å². The monoisotopic (exact) mass is 334 g/mol. The molecule has 25 heavy (non-hydrogen) atoms. The van der Waals surface area contributed by atoms with E-state index in [1.54, 1.807) is 24.3 Å². The largest absolute Gasteiger partial charge is 0.339 e. The molecule has 0 heterocycles. The van der Waals surface area contributed by atoms with Crippen LogP contribution in [0.2, 0.25) is 0 Å². The minimum absolute atomic E-state index is 0.0810. The Labute approximate surface area is 143 Å². The molecular formula is C18H14N4O3. The summed E-state index contributed by atoms with van der Waals surface area (Å²) in [4.78, 5) is 22.4. The third kappa shape index (κ3) is 3.78. The number of amides is 2. The van der Waals surface area contributed by atoms with Gasteiger partial charge in [-0.1, -0.05) is 48.5 Å². The van der Waals surface area contributed by atoms with Crippen LogP contribution in [-0.2, 0) is 0 Å². The second-order valence-corrected chi connectivity index (χ2v) is 5.17. The average Bonchev–Trinajstić information content (AvgIpc) is 2.62. The van der Waals surface area contributed by atoms with Crippen LogP contribution in [0.3, 0.4) is 0 Å². The average molecular weight is 334 g/mol. The summed E-state index contributed by atoms with van der Waals surface area (Å²) in [6.45, 7) is 0. The molecule has 0 aliphatic carbocycles. The lowest BCUT2D eigenvalue weighted by atomic mass is 10.1. The maximum Gasteiger partial charge on any atom is 0.339 e. The highest BCUT2D eigenvalue weighted by molar-refractivity contribution is 6.01. The first kappa shape index (κ1) is 16.1. The Bertz CT molecular complexity index is 964. The van der Waals surface area contributed by atoms with Crippen molar-refractivity contribution < 1.29 is 9.72 Å². The normalized spacial score (nSPS) is 10.7. The van der Waals surface area contributed by atoms with E-state index >= 15 is 0 Å². The summed E-state index contributed by atoms with van der Waals surface area (Å²) in [5, 5.41) is 19.3. The van der Waals surface area contributed by atoms with Gasteiger partial charge in [0.1, 0.15) is 0 Å². The maximum atomic E-state index is 12.0. The summed E-state index contributed by atoms with van der Waals surface area (Å²) >= 11 is 0. The number of hydrazone groups is 1. The van der Waals surface area contributed by atoms with Gasteiger partial charge in [0, 0.05) is 11.5 Å². The fourth-order valence-corrected chi connectivity index (χ4v) is 2.41. The number of nitro benzene ring substituents is 1. The fraction of sp³-hybridized carbons (Fsp3) is 0. The number of hydrogen-bond donors (Lipinski definition) is 2. The van der Waals surface area contributed by atoms with Gasteiger partial charge in [0.25, 0.3) is 5.69 Å². The van der Waals surface area contributed by atoms with Gasteiger partial charge < -0.3 is 5.32 Å². The highest BCUT2D eigenvalue weighted by atomic mass is 16.6. The van der Waals surface area contributed by atoms with E-state index in [0.717, 1.165) is 10.8 Å². The standard InChI is InChI=1S/C18H14N4O3/c23-18(20-16-10-5-8-13-6-1-3-9-15(13)16)21-19-12-14-7-2-4-11-17(14)22(24)25/h1-12H,(H2,20,21,23)/b19-12+. The van der Waals surface area contributed by atoms with Gasteiger partial charge in [0.15, 0.2) is 0 Å². The molecule has 0 unspecified atom stereocenters. The van der Waals surface area contributed by atoms with Crippen molar-refractivity contribution in [2.24, 2.45) is 5.10 Å². The maximum absolute atomic E-state index is 12.0. The molecule has 7 heteroatoms. The Morgan fingerprint density at radius 2 is 1.72 bits per heavy atom. The van der Waals surface area contributed by atoms with E-state index in [-0.39, 0.29) is 5.69 Å². The molecule has 0 atom stereocenters. The van der Waals surface area contributed by atoms with E-state index in [1.165, 1.54) is 12.3 Å². The van der Waals surface area contributed by atoms with Crippen LogP contribution in [0.1, 0.15) is 5.56 Å². The highest BCUT2D eigenvalue weighted by Gasteiger charge is 2.10. The van der Waals surface area contributed by atoms with Gasteiger partial charge in [-0.15, -0.1) is 0 Å². The van der Waals surface area contributed by atoms with Crippen molar-refractivity contribution in [3.8, 4) is 0 Å². The van der Waals surface area contributed by atoms with Crippen LogP contribution in [0.4, 0.5) is 16.2 Å². The van der Waals surface area contributed by atoms with Gasteiger partial charge in [0.05, 0.1) is 22.4 Å². The Morgan fingerprint density at radius 3 is 2.56 bits per heavy atom. The first-order chi connectivity index (χ1) is 12.1. The van der Waals surface area contributed by atoms with Crippen LogP contribution in [0.5, 0.6) is 0 Å². The molecule has 0 fully saturated rings. The highest BCUT2D eigenvalue weighted by Crippen LogP contribution is 2.22. The van der Waals surface area contributed by atoms with E-state index in [1.807, 2.05) is 36.4 Å². The van der Waals surface area contributed by atoms with Crippen molar-refractivity contribution in [1.29, 1.82) is 0 Å². The van der Waals surface area contributed by atoms with Crippen LogP contribution < -0.4 is 10.7 Å². The first-order valence-corrected chi connectivity index (χ1v) is 7.46. The number of rotatable bonds is 4. The molecule has 124 valence electrons. The molecule has 2 amide bonds. The van der Waals surface area contributed by atoms with Crippen LogP contribution in [0.15, 0.2) is 71.8 Å². The molecule has 0 aromatic heterocycles. The first-order valence-electron chi connectivity index (χ1n) is 7.46. The van der Waals surface area contributed by atoms with Gasteiger partial charge in [-0.3, -0.25) is 10.1 Å². The number of nitrogens with one attached hydrogen (secondary N) is 2. The van der Waals surface area contributed by atoms with E-state index in [0.29, 0.717) is 11.3 Å². The van der Waals surface area contributed by atoms with Gasteiger partial charge in [-0.25, -0.2) is 10.2 Å². The van der Waals surface area contributed by atoms with Crippen molar-refractivity contribution in [3.63, 3.8) is 0 Å². The Kier molecular flexibility index (Phi) is 4.66. The number of carbonyl (C=O) groups is 1. The van der Waals surface area contributed by atoms with Gasteiger partial charge in [-0.2, -0.15) is 5.10 Å². The quantitative estimate of drug-likeness (QED) is 0.430. The molecule has 3 rings (SSSR count). The number of nitrogens with zero attached hydrogens (tertiary/aromatic N) is 2. The molecule has 2 N–H and O–H groups in total. The predicted molar refractivity (Wildman–Crippen MR) is 96.8 cm³/mol. The number of urea groups is 1. The zero-order valence-corrected chi connectivity index (χ0v) is 13.0. The number of benzene rings is 3. The summed E-state index contributed by atoms with van der Waals surface area (Å²) in [6, 6.07) is 18.8. The van der Waals surface area contributed by atoms with Crippen LogP contribution in [0.25, 0.3) is 10.8 Å². The molecule has 0 aliphatic rings. The smallest absolute Gasteiger partial charge is 0.306 e. The zero-order chi connectivity index (χ0) is 17.6. The second-order valence-electron chi connectivity index (χ2n) is 5.17. The number of anilines is 1. The second kappa shape index (κ2) is 7.22. The lowest BCUT2D eigenvalue weighted by Crippen LogP contribution is -2.24. The number of nitro groups is 1. The summed E-state index contributed by atoms with van der Waals surface area (Å²) in [5.41, 5.74) is 3.18. The van der Waals surface area contributed by atoms with Gasteiger partial charge in [0.2, 0.25) is 0 Å². The summed E-state index contributed by atoms with van der Waals surface area (Å²) in [5.74, 6) is 0. The zero-order valence-electron chi connectivity index (χ0n) is 13.0. The fourth-order valence-electron chi connectivity index (χ4n) is 2.41. The Balaban J connectivity index is 1.70. The Hall–Kier alpha value is -3.74. The molecule has 0 saturated carbocycles. The van der Waals surface area contributed by atoms with E-state index in [9.17, 15) is 14.9 Å². The summed E-state index contributed by atoms with van der Waals surface area (Å²) in [6.07, 6.45) is 1.24. The summed E-state index contributed by atoms with van der Waals surface area (Å²) in [7, 11) is 0. The van der Waals surface area contributed by atoms with Gasteiger partial charge >= 0.3 is 6.03 Å². The molecular weight excluding hydrogens is 320 g/mol. The molecule has 0 saturated heterocycles. The molecule has 3 aromatic rings. The predicted octanol–water partition coefficient (Wildman–Crippen LogP) is 3.90. The molecule has 0 bridgehead atoms. The minimum atomic E-state index is -0.536. The van der Waals surface area contributed by atoms with E-state index in [4.69, 9.17) is 0 Å². The molecule has 0 spiro atoms. The number of fused-ring (bicyclic) bond motifs is 1. The van der Waals surface area contributed by atoms with Crippen LogP contribution in [0, 0.1) is 10.1 Å². The lowest BCUT2D eigenvalue weighted by molar-refractivity contribution is -0.385. The number of carbonyl (C=O) groups excluding carboxylic acids is 1. The van der Waals surface area contributed by atoms with Crippen LogP contribution in [-0.4, -0.2) is 17.2 Å². The van der Waals surface area contributed by atoms with Crippen molar-refractivity contribution >= 4 is 34.4 Å². The summed E-state index contributed by atoms with van der Waals surface area (Å²) < 4.78 is 0. The topological polar surface area (TPSA) is 96.6 Å². The minimum Gasteiger partial charge on any atom is -0.306 e. The SMILES string of the molecule is O=C(N/N=C/c1ccccc1[N+](=O)[O-])Nc1cccc2ccccc12. The third-order valence-electron chi connectivity index (χ3n) is 3.54. The van der Waals surface area contributed by atoms with Gasteiger partial charge in [-0.05, 0) is 17.5 Å². The molecule has 7 nitrogen and oxygen atoms in total. The van der Waals surface area contributed by atoms with Crippen molar-refractivity contribution in [2.45, 2.75) is 0 Å². The van der Waals surface area contributed by atoms with Crippen LogP contribution >= 0.6 is 0 Å². The molecule has 0 aliphatic heterocycles. The van der Waals surface area contributed by atoms with Crippen molar-refractivity contribution in [1.82, 2.24) is 5.43 Å². The van der Waals surface area contributed by atoms with E-state index in [2.05, 4.69) is 15.8 Å². The lowest BCUT2D eigenvalue weighted by Gasteiger charge is -2.07. The van der Waals surface area contributed by atoms with Crippen molar-refractivity contribution in [3.05, 3.63) is 82.4 Å². The number of hydrogen-bond acceptors (Lipinski definition) is 4.